The van der Waals surface area contributed by atoms with Gasteiger partial charge in [-0.05, 0) is 215 Å². The van der Waals surface area contributed by atoms with E-state index in [-0.39, 0.29) is 10.4 Å². The Balaban J connectivity index is 0.000000264. The highest BCUT2D eigenvalue weighted by Crippen LogP contribution is 2.60. The number of rotatable bonds is 2. The van der Waals surface area contributed by atoms with Gasteiger partial charge in [0.2, 0.25) is 5.13 Å². The van der Waals surface area contributed by atoms with Crippen LogP contribution in [0.1, 0.15) is 272 Å². The standard InChI is InChI=1S/C10H12.C10H18.C8H14.C7H14O.C6H12.C5H6ClF3.C5H6F4.C5H9F.C5H10.C4H6Br2.C4H6Cl2.C4H7Cl.C4H7F/c1-8-7-10(8)9-5-3-2-4-6-9;1-7(2)6-9-8(3)10(9,4)5;1-6-4-7-2-3-8(6)5-7;1-6-4-2-3-5-7(6)8;1-5-4-6(5,2)3;1-3-2-4(7,8)5(3,6)9;1-3-2-4(6,7)5(3,8)9;1-4-3-5(4,2)6;1-4-3-5(4)2;2*1-3-2-4(3,5)6;2*1-3-2-4(3)5/h2-6,8,10H,7H2,1H3;6,8-9H,1-5H3;2*6-8H,2-5H2,1H3;5H,4H2,1-3H3;2*3H,2H2,1H3;4H,3H2,1-2H3;4-5H,3H2,1-2H3;2*3H,2H2,1H3;2*3-4H,2H2,1H3/t8-,10?;;;6?,7-;;;;;;;;;/m0..0........./s1. The summed E-state index contributed by atoms with van der Waals surface area (Å²) >= 11 is 28.4. The highest BCUT2D eigenvalue weighted by Gasteiger charge is 2.70. The van der Waals surface area contributed by atoms with Crippen LogP contribution in [0.15, 0.2) is 42.0 Å². The number of hydrogen-bond acceptors (Lipinski definition) is 1. The average molecular weight is 1540 g/mol. The fourth-order valence-electron chi connectivity index (χ4n) is 11.8. The lowest BCUT2D eigenvalue weighted by atomic mass is 9.78. The summed E-state index contributed by atoms with van der Waals surface area (Å²) in [5, 5.41) is 6.92. The van der Waals surface area contributed by atoms with Crippen molar-refractivity contribution in [3.8, 4) is 0 Å². The molecule has 15 rings (SSSR count). The summed E-state index contributed by atoms with van der Waals surface area (Å²) < 4.78 is 108. The van der Waals surface area contributed by atoms with Crippen LogP contribution in [0.5, 0.6) is 0 Å². The van der Waals surface area contributed by atoms with Gasteiger partial charge in [0.1, 0.15) is 16.2 Å². The SMILES string of the molecule is CC(C)=CC1C(C)C1(C)C.CC1CC(F)(F)C1(F)Cl.CC1CC(F)(F)C1(F)F.CC1CC1(Br)Br.CC1CC1(C)C.CC1CC1(C)F.CC1CC1(Cl)Cl.CC1CC1C.CC1CC1Cl.CC1CC1F.CC1CC2CCC1C2.CC1CCCC[C@@H]1O.C[C@H]1CC1c1ccccc1. The Morgan fingerprint density at radius 2 is 0.903 bits per heavy atom. The Morgan fingerprint density at radius 1 is 0.516 bits per heavy atom. The summed E-state index contributed by atoms with van der Waals surface area (Å²) in [6.45, 7) is 44.2. The molecular formula is C77H127Br2Cl4F9O. The molecule has 0 saturated heterocycles. The number of benzene rings is 1. The van der Waals surface area contributed by atoms with Gasteiger partial charge in [-0.3, -0.25) is 0 Å². The lowest BCUT2D eigenvalue weighted by Gasteiger charge is -2.43. The van der Waals surface area contributed by atoms with E-state index in [2.05, 4.69) is 172 Å². The van der Waals surface area contributed by atoms with Crippen molar-refractivity contribution in [2.45, 2.75) is 321 Å². The van der Waals surface area contributed by atoms with E-state index in [0.717, 1.165) is 104 Å². The van der Waals surface area contributed by atoms with E-state index in [1.807, 2.05) is 20.8 Å². The minimum absolute atomic E-state index is 0.00347. The lowest BCUT2D eigenvalue weighted by Crippen LogP contribution is -2.57. The van der Waals surface area contributed by atoms with Crippen molar-refractivity contribution in [2.24, 2.45) is 111 Å². The Hall–Kier alpha value is 0.410. The van der Waals surface area contributed by atoms with Crippen LogP contribution < -0.4 is 0 Å². The molecular weight excluding hydrogens is 1410 g/mol. The molecule has 1 nitrogen and oxygen atoms in total. The van der Waals surface area contributed by atoms with Crippen LogP contribution in [0.3, 0.4) is 0 Å². The molecule has 0 aliphatic heterocycles. The molecule has 93 heavy (non-hydrogen) atoms. The average Bonchev–Trinajstić information content (AvgIpc) is 1.74. The number of alkyl halides is 15. The third kappa shape index (κ3) is 30.1. The first-order chi connectivity index (χ1) is 42.2. The highest BCUT2D eigenvalue weighted by molar-refractivity contribution is 9.25. The quantitative estimate of drug-likeness (QED) is 0.178. The van der Waals surface area contributed by atoms with Gasteiger partial charge in [-0.2, -0.15) is 17.6 Å². The molecule has 0 amide bonds. The highest BCUT2D eigenvalue weighted by atomic mass is 79.9. The number of fused-ring (bicyclic) bond motifs is 2. The maximum atomic E-state index is 12.4. The molecule has 14 aliphatic carbocycles. The van der Waals surface area contributed by atoms with Gasteiger partial charge in [0, 0.05) is 30.1 Å². The van der Waals surface area contributed by atoms with Crippen molar-refractivity contribution in [3.05, 3.63) is 47.5 Å². The van der Waals surface area contributed by atoms with E-state index >= 15 is 0 Å². The summed E-state index contributed by atoms with van der Waals surface area (Å²) in [7, 11) is 0. The van der Waals surface area contributed by atoms with Crippen LogP contribution in [0.25, 0.3) is 0 Å². The smallest absolute Gasteiger partial charge is 0.312 e. The van der Waals surface area contributed by atoms with E-state index in [4.69, 9.17) is 46.4 Å². The topological polar surface area (TPSA) is 20.2 Å². The molecule has 21 unspecified atom stereocenters. The van der Waals surface area contributed by atoms with Crippen molar-refractivity contribution >= 4 is 78.3 Å². The van der Waals surface area contributed by atoms with Crippen molar-refractivity contribution in [1.29, 1.82) is 0 Å². The monoisotopic (exact) mass is 1540 g/mol. The molecule has 0 aromatic heterocycles. The third-order valence-electron chi connectivity index (χ3n) is 23.2. The maximum Gasteiger partial charge on any atom is 0.312 e. The van der Waals surface area contributed by atoms with Crippen LogP contribution in [0, 0.1) is 111 Å². The Morgan fingerprint density at radius 3 is 1.02 bits per heavy atom. The Labute approximate surface area is 598 Å². The van der Waals surface area contributed by atoms with Gasteiger partial charge < -0.3 is 5.11 Å². The van der Waals surface area contributed by atoms with Crippen molar-refractivity contribution in [1.82, 2.24) is 0 Å². The normalized spacial score (nSPS) is 42.5. The minimum atomic E-state index is -3.76. The van der Waals surface area contributed by atoms with E-state index in [1.165, 1.54) is 69.4 Å². The maximum absolute atomic E-state index is 12.4. The lowest BCUT2D eigenvalue weighted by molar-refractivity contribution is -0.309. The molecule has 1 aromatic carbocycles. The second kappa shape index (κ2) is 35.5. The van der Waals surface area contributed by atoms with Crippen molar-refractivity contribution in [2.75, 3.05) is 0 Å². The largest absolute Gasteiger partial charge is 0.393 e. The first-order valence-corrected chi connectivity index (χ1v) is 39.0. The number of halogens is 15. The van der Waals surface area contributed by atoms with E-state index in [9.17, 15) is 44.6 Å². The van der Waals surface area contributed by atoms with Gasteiger partial charge in [-0.15, -0.1) is 34.8 Å². The zero-order valence-corrected chi connectivity index (χ0v) is 67.1. The second-order valence-electron chi connectivity index (χ2n) is 33.8. The van der Waals surface area contributed by atoms with Crippen LogP contribution in [0.2, 0.25) is 0 Å². The first kappa shape index (κ1) is 87.6. The van der Waals surface area contributed by atoms with Crippen LogP contribution in [-0.2, 0) is 0 Å². The zero-order valence-electron chi connectivity index (χ0n) is 60.9. The molecule has 0 heterocycles. The number of aliphatic hydroxyl groups is 1. The Bertz CT molecular complexity index is 2210. The fourth-order valence-corrected chi connectivity index (χ4v) is 13.7. The molecule has 23 atom stereocenters. The van der Waals surface area contributed by atoms with E-state index < -0.39 is 59.4 Å². The van der Waals surface area contributed by atoms with Crippen molar-refractivity contribution in [3.63, 3.8) is 0 Å². The number of hydrogen-bond donors (Lipinski definition) is 1. The summed E-state index contributed by atoms with van der Waals surface area (Å²) in [5.41, 5.74) is 3.48. The minimum Gasteiger partial charge on any atom is -0.393 e. The summed E-state index contributed by atoms with van der Waals surface area (Å²) in [6, 6.07) is 10.8. The molecule has 14 fully saturated rings. The molecule has 546 valence electrons. The van der Waals surface area contributed by atoms with Gasteiger partial charge in [0.15, 0.2) is 0 Å². The van der Waals surface area contributed by atoms with Gasteiger partial charge in [-0.1, -0.05) is 229 Å². The van der Waals surface area contributed by atoms with Crippen LogP contribution >= 0.6 is 78.3 Å². The molecule has 14 saturated carbocycles. The second-order valence-corrected chi connectivity index (χ2v) is 40.4. The van der Waals surface area contributed by atoms with Crippen LogP contribution in [0.4, 0.5) is 39.5 Å². The fraction of sp³-hybridized carbons (Fsp3) is 0.896. The summed E-state index contributed by atoms with van der Waals surface area (Å²) in [4.78, 5) is 0. The molecule has 2 bridgehead atoms. The number of allylic oxidation sites excluding steroid dienone is 2. The Kier molecular flexibility index (Phi) is 33.5. The van der Waals surface area contributed by atoms with Gasteiger partial charge in [0.05, 0.1) is 9.34 Å². The van der Waals surface area contributed by atoms with Crippen molar-refractivity contribution < 1.29 is 44.6 Å². The molecule has 0 spiro atoms. The molecule has 1 N–H and O–H groups in total. The zero-order chi connectivity index (χ0) is 71.7. The van der Waals surface area contributed by atoms with E-state index in [0.29, 0.717) is 43.1 Å². The predicted octanol–water partition coefficient (Wildman–Crippen LogP) is 28.1. The summed E-state index contributed by atoms with van der Waals surface area (Å²) in [6.07, 6.45) is 21.2. The van der Waals surface area contributed by atoms with E-state index in [1.54, 1.807) is 32.6 Å². The third-order valence-corrected chi connectivity index (χ3v) is 27.7. The van der Waals surface area contributed by atoms with Crippen LogP contribution in [-0.4, -0.2) is 58.9 Å². The molecule has 1 aromatic rings. The first-order valence-electron chi connectivity index (χ1n) is 35.8. The summed E-state index contributed by atoms with van der Waals surface area (Å²) in [5.74, 6) is 0.760. The van der Waals surface area contributed by atoms with Gasteiger partial charge >= 0.3 is 11.8 Å². The molecule has 16 heteroatoms. The van der Waals surface area contributed by atoms with Gasteiger partial charge in [-0.25, -0.2) is 22.0 Å². The molecule has 14 aliphatic rings. The predicted molar refractivity (Wildman–Crippen MR) is 388 cm³/mol. The number of aliphatic hydroxyl groups excluding tert-OH is 1. The molecule has 0 radical (unpaired) electrons. The van der Waals surface area contributed by atoms with Gasteiger partial charge in [0.25, 0.3) is 5.92 Å².